The van der Waals surface area contributed by atoms with Crippen LogP contribution >= 0.6 is 0 Å². The van der Waals surface area contributed by atoms with Crippen molar-refractivity contribution >= 4 is 0 Å². The molecule has 0 amide bonds. The van der Waals surface area contributed by atoms with E-state index >= 15 is 0 Å². The zero-order valence-electron chi connectivity index (χ0n) is 12.6. The summed E-state index contributed by atoms with van der Waals surface area (Å²) in [7, 11) is 0. The van der Waals surface area contributed by atoms with Gasteiger partial charge in [-0.05, 0) is 24.6 Å². The highest BCUT2D eigenvalue weighted by atomic mass is 16.5. The fourth-order valence-electron chi connectivity index (χ4n) is 1.77. The zero-order chi connectivity index (χ0) is 15.2. The second-order valence-corrected chi connectivity index (χ2v) is 4.91. The van der Waals surface area contributed by atoms with E-state index in [0.29, 0.717) is 36.4 Å². The van der Waals surface area contributed by atoms with Crippen LogP contribution in [0.15, 0.2) is 22.7 Å². The summed E-state index contributed by atoms with van der Waals surface area (Å²) in [6.45, 7) is 7.17. The van der Waals surface area contributed by atoms with Gasteiger partial charge >= 0.3 is 0 Å². The summed E-state index contributed by atoms with van der Waals surface area (Å²) in [5.41, 5.74) is 6.62. The Morgan fingerprint density at radius 3 is 2.67 bits per heavy atom. The van der Waals surface area contributed by atoms with E-state index in [-0.39, 0.29) is 12.5 Å². The van der Waals surface area contributed by atoms with Gasteiger partial charge in [0.1, 0.15) is 0 Å². The molecule has 21 heavy (non-hydrogen) atoms. The second kappa shape index (κ2) is 7.08. The van der Waals surface area contributed by atoms with Gasteiger partial charge in [-0.2, -0.15) is 4.98 Å². The third-order valence-electron chi connectivity index (χ3n) is 2.90. The molecule has 0 aliphatic carbocycles. The molecule has 1 aromatic carbocycles. The van der Waals surface area contributed by atoms with Crippen LogP contribution in [0, 0.1) is 0 Å². The predicted molar refractivity (Wildman–Crippen MR) is 78.2 cm³/mol. The van der Waals surface area contributed by atoms with E-state index in [1.165, 1.54) is 0 Å². The maximum absolute atomic E-state index is 5.71. The molecule has 0 aliphatic rings. The smallest absolute Gasteiger partial charge is 0.264 e. The molecule has 2 N–H and O–H groups in total. The average molecular weight is 291 g/mol. The molecule has 0 saturated heterocycles. The summed E-state index contributed by atoms with van der Waals surface area (Å²) in [6.07, 6.45) is 0. The van der Waals surface area contributed by atoms with Gasteiger partial charge in [0.2, 0.25) is 0 Å². The van der Waals surface area contributed by atoms with Gasteiger partial charge < -0.3 is 19.7 Å². The van der Waals surface area contributed by atoms with E-state index in [0.717, 1.165) is 5.56 Å². The van der Waals surface area contributed by atoms with Gasteiger partial charge in [0.05, 0.1) is 6.61 Å². The molecule has 2 rings (SSSR count). The van der Waals surface area contributed by atoms with Crippen LogP contribution in [-0.4, -0.2) is 16.7 Å². The van der Waals surface area contributed by atoms with Crippen molar-refractivity contribution in [3.8, 4) is 11.5 Å². The summed E-state index contributed by atoms with van der Waals surface area (Å²) >= 11 is 0. The number of benzene rings is 1. The molecule has 0 saturated carbocycles. The van der Waals surface area contributed by atoms with Gasteiger partial charge in [-0.3, -0.25) is 0 Å². The predicted octanol–water partition coefficient (Wildman–Crippen LogP) is 2.63. The number of hydrogen-bond acceptors (Lipinski definition) is 6. The molecular formula is C15H21N3O3. The lowest BCUT2D eigenvalue weighted by Crippen LogP contribution is -2.02. The molecular weight excluding hydrogens is 270 g/mol. The molecule has 0 bridgehead atoms. The lowest BCUT2D eigenvalue weighted by molar-refractivity contribution is 0.227. The van der Waals surface area contributed by atoms with E-state index in [4.69, 9.17) is 19.7 Å². The van der Waals surface area contributed by atoms with Crippen LogP contribution in [0.4, 0.5) is 0 Å². The minimum absolute atomic E-state index is 0.210. The van der Waals surface area contributed by atoms with Gasteiger partial charge in [0.25, 0.3) is 5.89 Å². The first-order valence-corrected chi connectivity index (χ1v) is 7.05. The van der Waals surface area contributed by atoms with E-state index in [1.54, 1.807) is 0 Å². The summed E-state index contributed by atoms with van der Waals surface area (Å²) in [6, 6.07) is 5.63. The fraction of sp³-hybridized carbons (Fsp3) is 0.467. The van der Waals surface area contributed by atoms with E-state index in [1.807, 2.05) is 39.0 Å². The van der Waals surface area contributed by atoms with Crippen molar-refractivity contribution in [3.63, 3.8) is 0 Å². The Bertz CT molecular complexity index is 581. The van der Waals surface area contributed by atoms with Crippen molar-refractivity contribution in [3.05, 3.63) is 35.5 Å². The second-order valence-electron chi connectivity index (χ2n) is 4.91. The standard InChI is InChI=1S/C15H21N3O3/c1-4-19-13-7-11(8-16)5-6-12(13)20-9-14-17-15(10(2)3)18-21-14/h5-7,10H,4,8-9,16H2,1-3H3. The van der Waals surface area contributed by atoms with Crippen LogP contribution in [0.25, 0.3) is 0 Å². The van der Waals surface area contributed by atoms with Crippen molar-refractivity contribution in [2.75, 3.05) is 6.61 Å². The highest BCUT2D eigenvalue weighted by Gasteiger charge is 2.12. The monoisotopic (exact) mass is 291 g/mol. The lowest BCUT2D eigenvalue weighted by atomic mass is 10.2. The Balaban J connectivity index is 2.07. The third kappa shape index (κ3) is 3.95. The Hall–Kier alpha value is -2.08. The van der Waals surface area contributed by atoms with Crippen molar-refractivity contribution < 1.29 is 14.0 Å². The number of aromatic nitrogens is 2. The minimum atomic E-state index is 0.210. The molecule has 114 valence electrons. The van der Waals surface area contributed by atoms with Gasteiger partial charge in [0.15, 0.2) is 23.9 Å². The number of ether oxygens (including phenoxy) is 2. The van der Waals surface area contributed by atoms with Crippen LogP contribution in [0.3, 0.4) is 0 Å². The molecule has 1 heterocycles. The highest BCUT2D eigenvalue weighted by molar-refractivity contribution is 5.43. The van der Waals surface area contributed by atoms with Crippen molar-refractivity contribution in [2.45, 2.75) is 39.8 Å². The molecule has 2 aromatic rings. The maximum atomic E-state index is 5.71. The fourth-order valence-corrected chi connectivity index (χ4v) is 1.77. The van der Waals surface area contributed by atoms with Crippen LogP contribution in [0.2, 0.25) is 0 Å². The van der Waals surface area contributed by atoms with Crippen LogP contribution in [-0.2, 0) is 13.2 Å². The number of rotatable bonds is 7. The first-order chi connectivity index (χ1) is 10.1. The normalized spacial score (nSPS) is 10.9. The number of nitrogens with two attached hydrogens (primary N) is 1. The maximum Gasteiger partial charge on any atom is 0.264 e. The largest absolute Gasteiger partial charge is 0.490 e. The molecule has 0 radical (unpaired) electrons. The topological polar surface area (TPSA) is 83.4 Å². The Morgan fingerprint density at radius 2 is 2.05 bits per heavy atom. The lowest BCUT2D eigenvalue weighted by Gasteiger charge is -2.11. The summed E-state index contributed by atoms with van der Waals surface area (Å²) < 4.78 is 16.4. The van der Waals surface area contributed by atoms with Crippen molar-refractivity contribution in [1.29, 1.82) is 0 Å². The molecule has 0 unspecified atom stereocenters. The number of hydrogen-bond donors (Lipinski definition) is 1. The van der Waals surface area contributed by atoms with Gasteiger partial charge in [0, 0.05) is 12.5 Å². The molecule has 0 fully saturated rings. The first kappa shape index (κ1) is 15.3. The number of nitrogens with zero attached hydrogens (tertiary/aromatic N) is 2. The molecule has 0 spiro atoms. The molecule has 1 aromatic heterocycles. The summed E-state index contributed by atoms with van der Waals surface area (Å²) in [4.78, 5) is 4.27. The van der Waals surface area contributed by atoms with Gasteiger partial charge in [-0.1, -0.05) is 25.1 Å². The quantitative estimate of drug-likeness (QED) is 0.844. The van der Waals surface area contributed by atoms with E-state index in [9.17, 15) is 0 Å². The third-order valence-corrected chi connectivity index (χ3v) is 2.90. The van der Waals surface area contributed by atoms with Crippen molar-refractivity contribution in [1.82, 2.24) is 10.1 Å². The van der Waals surface area contributed by atoms with Crippen LogP contribution in [0.1, 0.15) is 44.0 Å². The average Bonchev–Trinajstić information content (AvgIpc) is 2.95. The van der Waals surface area contributed by atoms with Crippen molar-refractivity contribution in [2.24, 2.45) is 5.73 Å². The van der Waals surface area contributed by atoms with E-state index in [2.05, 4.69) is 10.1 Å². The zero-order valence-corrected chi connectivity index (χ0v) is 12.6. The van der Waals surface area contributed by atoms with Gasteiger partial charge in [-0.25, -0.2) is 0 Å². The summed E-state index contributed by atoms with van der Waals surface area (Å²) in [5.74, 6) is 2.66. The first-order valence-electron chi connectivity index (χ1n) is 7.05. The van der Waals surface area contributed by atoms with E-state index < -0.39 is 0 Å². The Morgan fingerprint density at radius 1 is 1.24 bits per heavy atom. The minimum Gasteiger partial charge on any atom is -0.490 e. The SMILES string of the molecule is CCOc1cc(CN)ccc1OCc1nc(C(C)C)no1. The Labute approximate surface area is 124 Å². The van der Waals surface area contributed by atoms with Crippen LogP contribution < -0.4 is 15.2 Å². The molecule has 0 aliphatic heterocycles. The summed E-state index contributed by atoms with van der Waals surface area (Å²) in [5, 5.41) is 3.90. The van der Waals surface area contributed by atoms with Gasteiger partial charge in [-0.15, -0.1) is 0 Å². The van der Waals surface area contributed by atoms with Crippen LogP contribution in [0.5, 0.6) is 11.5 Å². The molecule has 6 heteroatoms. The highest BCUT2D eigenvalue weighted by Crippen LogP contribution is 2.29. The molecule has 0 atom stereocenters. The molecule has 6 nitrogen and oxygen atoms in total. The Kier molecular flexibility index (Phi) is 5.16.